The van der Waals surface area contributed by atoms with Crippen LogP contribution in [0.4, 0.5) is 26.3 Å². The van der Waals surface area contributed by atoms with Crippen LogP contribution in [0.25, 0.3) is 0 Å². The molecule has 0 saturated heterocycles. The van der Waals surface area contributed by atoms with E-state index < -0.39 is 95.1 Å². The van der Waals surface area contributed by atoms with E-state index in [9.17, 15) is 56.0 Å². The first kappa shape index (κ1) is 42.2. The lowest BCUT2D eigenvalue weighted by Gasteiger charge is -2.39. The third-order valence-electron chi connectivity index (χ3n) is 7.40. The number of hydrogen-bond donors (Lipinski definition) is 7. The molecule has 22 heteroatoms. The smallest absolute Gasteiger partial charge is 0.376 e. The van der Waals surface area contributed by atoms with Crippen molar-refractivity contribution in [2.45, 2.75) is 89.7 Å². The number of rotatable bonds is 22. The molecule has 0 aromatic rings. The zero-order chi connectivity index (χ0) is 35.1. The summed E-state index contributed by atoms with van der Waals surface area (Å²) in [6.07, 6.45) is -11.5. The van der Waals surface area contributed by atoms with E-state index in [4.69, 9.17) is 4.74 Å². The maximum Gasteiger partial charge on any atom is 0.376 e. The van der Waals surface area contributed by atoms with Gasteiger partial charge in [0.25, 0.3) is 5.91 Å². The van der Waals surface area contributed by atoms with Crippen LogP contribution in [0.5, 0.6) is 0 Å². The third kappa shape index (κ3) is 13.7. The molecule has 1 aliphatic rings. The number of carbonyl (C=O) groups excluding carboxylic acids is 2. The van der Waals surface area contributed by atoms with Crippen LogP contribution in [-0.4, -0.2) is 146 Å². The number of amides is 1. The van der Waals surface area contributed by atoms with Crippen molar-refractivity contribution in [3.8, 4) is 0 Å². The van der Waals surface area contributed by atoms with Gasteiger partial charge in [0.1, 0.15) is 6.04 Å². The van der Waals surface area contributed by atoms with Crippen LogP contribution < -0.4 is 15.8 Å². The molecule has 0 aliphatic heterocycles. The van der Waals surface area contributed by atoms with Gasteiger partial charge in [0.2, 0.25) is 0 Å². The maximum absolute atomic E-state index is 14.6. The molecule has 0 aromatic heterocycles. The molecule has 0 spiro atoms. The van der Waals surface area contributed by atoms with E-state index in [2.05, 4.69) is 15.8 Å². The fourth-order valence-corrected chi connectivity index (χ4v) is 5.04. The molecule has 6 atom stereocenters. The molecule has 1 aliphatic carbocycles. The van der Waals surface area contributed by atoms with E-state index >= 15 is 0 Å². The number of hydrogen-bond acceptors (Lipinski definition) is 11. The number of nitrogens with zero attached hydrogens (tertiary/aromatic N) is 2. The SMILES string of the molecule is CB(O)NCCCN(CCCC(C(NC(=O)CF)C(=O)OC1C(F)C(F)=C(F)C(F)C1F)N(CCCNB(C)O)B(C)O)B(C)O. The molecule has 7 N–H and O–H groups in total. The van der Waals surface area contributed by atoms with Crippen LogP contribution in [0.3, 0.4) is 0 Å². The van der Waals surface area contributed by atoms with Crippen molar-refractivity contribution in [2.75, 3.05) is 39.4 Å². The van der Waals surface area contributed by atoms with Gasteiger partial charge in [-0.15, -0.1) is 0 Å². The van der Waals surface area contributed by atoms with E-state index in [1.54, 1.807) is 11.6 Å². The van der Waals surface area contributed by atoms with E-state index in [-0.39, 0.29) is 38.9 Å². The number of alkyl halides is 4. The molecule has 0 radical (unpaired) electrons. The van der Waals surface area contributed by atoms with E-state index in [1.807, 2.05) is 0 Å². The lowest BCUT2D eigenvalue weighted by atomic mass is 9.79. The molecule has 0 fully saturated rings. The monoisotopic (exact) mass is 673 g/mol. The molecule has 0 heterocycles. The van der Waals surface area contributed by atoms with Crippen LogP contribution in [0, 0.1) is 0 Å². The Morgan fingerprint density at radius 1 is 0.848 bits per heavy atom. The molecule has 12 nitrogen and oxygen atoms in total. The largest absolute Gasteiger partial charge is 0.454 e. The van der Waals surface area contributed by atoms with E-state index in [0.717, 1.165) is 0 Å². The molecule has 262 valence electrons. The van der Waals surface area contributed by atoms with Crippen molar-refractivity contribution in [1.29, 1.82) is 0 Å². The van der Waals surface area contributed by atoms with Crippen molar-refractivity contribution in [1.82, 2.24) is 25.4 Å². The first-order valence-electron chi connectivity index (χ1n) is 15.2. The average molecular weight is 673 g/mol. The highest BCUT2D eigenvalue weighted by molar-refractivity contribution is 6.46. The van der Waals surface area contributed by atoms with E-state index in [1.165, 1.54) is 25.3 Å². The molecule has 1 amide bonds. The Kier molecular flexibility index (Phi) is 19.5. The Bertz CT molecular complexity index is 969. The summed E-state index contributed by atoms with van der Waals surface area (Å²) < 4.78 is 88.8. The van der Waals surface area contributed by atoms with Gasteiger partial charge in [-0.3, -0.25) is 4.79 Å². The summed E-state index contributed by atoms with van der Waals surface area (Å²) in [5.41, 5.74) is 0. The topological polar surface area (TPSA) is 167 Å². The molecular weight excluding hydrogens is 628 g/mol. The molecular formula is C24H45B4F6N5O7. The summed E-state index contributed by atoms with van der Waals surface area (Å²) in [6.45, 7) is 5.42. The van der Waals surface area contributed by atoms with E-state index in [0.29, 0.717) is 19.5 Å². The van der Waals surface area contributed by atoms with Crippen LogP contribution in [-0.2, 0) is 14.3 Å². The normalized spacial score (nSPS) is 21.3. The van der Waals surface area contributed by atoms with Crippen molar-refractivity contribution in [3.05, 3.63) is 11.7 Å². The molecule has 0 aromatic carbocycles. The van der Waals surface area contributed by atoms with Crippen molar-refractivity contribution in [2.24, 2.45) is 0 Å². The van der Waals surface area contributed by atoms with Gasteiger partial charge >= 0.3 is 34.2 Å². The van der Waals surface area contributed by atoms with Crippen molar-refractivity contribution >= 4 is 40.1 Å². The number of nitrogens with one attached hydrogen (secondary N) is 3. The first-order chi connectivity index (χ1) is 21.5. The molecule has 0 saturated carbocycles. The van der Waals surface area contributed by atoms with Gasteiger partial charge in [0, 0.05) is 6.04 Å². The minimum Gasteiger partial charge on any atom is -0.454 e. The lowest BCUT2D eigenvalue weighted by molar-refractivity contribution is -0.165. The third-order valence-corrected chi connectivity index (χ3v) is 7.40. The fraction of sp³-hybridized carbons (Fsp3) is 0.833. The standard InChI is InChI=1S/C24H45B4F6N5O7/c1-25(42)35-9-6-12-38(27(3)44)11-5-8-15(39(28(4)45)13-7-10-36-26(2)43)22(37-16(40)14-29)24(41)46-23-20(33)18(31)17(30)19(32)21(23)34/h15,18,20-23,35-36,42-45H,5-14H2,1-4H3,(H,37,40). The number of ether oxygens (including phenoxy) is 1. The Labute approximate surface area is 267 Å². The molecule has 1 rings (SSSR count). The Morgan fingerprint density at radius 2 is 1.37 bits per heavy atom. The summed E-state index contributed by atoms with van der Waals surface area (Å²) in [6, 6.07) is -3.20. The Hall–Kier alpha value is -1.80. The predicted molar refractivity (Wildman–Crippen MR) is 164 cm³/mol. The zero-order valence-electron chi connectivity index (χ0n) is 26.5. The second kappa shape index (κ2) is 21.2. The minimum atomic E-state index is -3.27. The number of allylic oxidation sites excluding steroid dienone is 1. The second-order valence-corrected chi connectivity index (χ2v) is 11.2. The predicted octanol–water partition coefficient (Wildman–Crippen LogP) is -0.316. The summed E-state index contributed by atoms with van der Waals surface area (Å²) in [7, 11) is -3.88. The van der Waals surface area contributed by atoms with Gasteiger partial charge in [0.05, 0.1) is 0 Å². The quantitative estimate of drug-likeness (QED) is 0.0349. The summed E-state index contributed by atoms with van der Waals surface area (Å²) in [5.74, 6) is -7.57. The first-order valence-corrected chi connectivity index (χ1v) is 15.2. The molecule has 0 bridgehead atoms. The maximum atomic E-state index is 14.6. The van der Waals surface area contributed by atoms with Crippen LogP contribution in [0.15, 0.2) is 11.7 Å². The van der Waals surface area contributed by atoms with Gasteiger partial charge in [-0.2, -0.15) is 0 Å². The lowest BCUT2D eigenvalue weighted by Crippen LogP contribution is -2.61. The van der Waals surface area contributed by atoms with Gasteiger partial charge in [-0.05, 0) is 85.7 Å². The fourth-order valence-electron chi connectivity index (χ4n) is 5.04. The molecule has 6 unspecified atom stereocenters. The van der Waals surface area contributed by atoms with Gasteiger partial charge in [-0.1, -0.05) is 0 Å². The Balaban J connectivity index is 3.35. The number of carbonyl (C=O) groups is 2. The highest BCUT2D eigenvalue weighted by Crippen LogP contribution is 2.36. The van der Waals surface area contributed by atoms with Crippen molar-refractivity contribution in [3.63, 3.8) is 0 Å². The Morgan fingerprint density at radius 3 is 1.87 bits per heavy atom. The number of esters is 1. The second-order valence-electron chi connectivity index (χ2n) is 11.2. The highest BCUT2D eigenvalue weighted by Gasteiger charge is 2.51. The number of halogens is 6. The molecule has 46 heavy (non-hydrogen) atoms. The van der Waals surface area contributed by atoms with Gasteiger partial charge < -0.3 is 50.2 Å². The van der Waals surface area contributed by atoms with Crippen LogP contribution >= 0.6 is 0 Å². The summed E-state index contributed by atoms with van der Waals surface area (Å²) in [5, 5.41) is 47.4. The van der Waals surface area contributed by atoms with Crippen molar-refractivity contribution < 1.29 is 60.8 Å². The van der Waals surface area contributed by atoms with Gasteiger partial charge in [-0.25, -0.2) is 31.1 Å². The minimum absolute atomic E-state index is 0.00150. The summed E-state index contributed by atoms with van der Waals surface area (Å²) >= 11 is 0. The summed E-state index contributed by atoms with van der Waals surface area (Å²) in [4.78, 5) is 28.5. The average Bonchev–Trinajstić information content (AvgIpc) is 2.99. The van der Waals surface area contributed by atoms with Crippen LogP contribution in [0.1, 0.15) is 25.7 Å². The van der Waals surface area contributed by atoms with Gasteiger partial charge in [0.15, 0.2) is 42.9 Å². The van der Waals surface area contributed by atoms with Crippen LogP contribution in [0.2, 0.25) is 27.3 Å². The zero-order valence-corrected chi connectivity index (χ0v) is 26.5. The highest BCUT2D eigenvalue weighted by atomic mass is 19.2.